The number of nitrogens with zero attached hydrogens (tertiary/aromatic N) is 1. The topological polar surface area (TPSA) is 62.2 Å². The molecule has 94 valence electrons. The van der Waals surface area contributed by atoms with Crippen molar-refractivity contribution in [1.29, 1.82) is 0 Å². The Kier molecular flexibility index (Phi) is 5.08. The van der Waals surface area contributed by atoms with E-state index in [1.165, 1.54) is 0 Å². The first kappa shape index (κ1) is 14.1. The van der Waals surface area contributed by atoms with Gasteiger partial charge < -0.3 is 10.4 Å². The highest BCUT2D eigenvalue weighted by Gasteiger charge is 2.18. The van der Waals surface area contributed by atoms with Crippen LogP contribution >= 0.6 is 15.9 Å². The molecular weight excluding hydrogens is 284 g/mol. The molecule has 0 atom stereocenters. The van der Waals surface area contributed by atoms with Crippen LogP contribution in [0.4, 0.5) is 0 Å². The molecule has 0 bridgehead atoms. The Morgan fingerprint density at radius 1 is 1.59 bits per heavy atom. The van der Waals surface area contributed by atoms with Crippen molar-refractivity contribution in [3.63, 3.8) is 0 Å². The van der Waals surface area contributed by atoms with Crippen LogP contribution in [0.3, 0.4) is 0 Å². The number of pyridine rings is 1. The maximum absolute atomic E-state index is 11.8. The van der Waals surface area contributed by atoms with Crippen LogP contribution < -0.4 is 5.32 Å². The van der Waals surface area contributed by atoms with E-state index in [1.54, 1.807) is 18.3 Å². The minimum atomic E-state index is -0.126. The first-order valence-electron chi connectivity index (χ1n) is 5.45. The lowest BCUT2D eigenvalue weighted by Crippen LogP contribution is -2.34. The highest BCUT2D eigenvalue weighted by molar-refractivity contribution is 9.10. The molecule has 5 heteroatoms. The number of hydrogen-bond donors (Lipinski definition) is 2. The first-order chi connectivity index (χ1) is 7.94. The van der Waals surface area contributed by atoms with Gasteiger partial charge in [-0.3, -0.25) is 4.79 Å². The lowest BCUT2D eigenvalue weighted by atomic mass is 9.89. The van der Waals surface area contributed by atoms with Gasteiger partial charge >= 0.3 is 0 Å². The monoisotopic (exact) mass is 300 g/mol. The summed E-state index contributed by atoms with van der Waals surface area (Å²) >= 11 is 3.22. The van der Waals surface area contributed by atoms with Crippen LogP contribution in [0, 0.1) is 5.41 Å². The summed E-state index contributed by atoms with van der Waals surface area (Å²) in [6, 6.07) is 3.34. The smallest absolute Gasteiger partial charge is 0.251 e. The summed E-state index contributed by atoms with van der Waals surface area (Å²) < 4.78 is 0.639. The first-order valence-corrected chi connectivity index (χ1v) is 6.24. The fourth-order valence-electron chi connectivity index (χ4n) is 1.36. The molecular formula is C12H17BrN2O2. The Hall–Kier alpha value is -0.940. The molecule has 0 aliphatic carbocycles. The summed E-state index contributed by atoms with van der Waals surface area (Å²) in [6.45, 7) is 4.67. The van der Waals surface area contributed by atoms with Gasteiger partial charge in [0.15, 0.2) is 0 Å². The zero-order chi connectivity index (χ0) is 12.9. The Morgan fingerprint density at radius 2 is 2.29 bits per heavy atom. The maximum atomic E-state index is 11.8. The van der Waals surface area contributed by atoms with Crippen molar-refractivity contribution in [3.05, 3.63) is 28.5 Å². The molecule has 0 saturated carbocycles. The molecule has 4 nitrogen and oxygen atoms in total. The minimum absolute atomic E-state index is 0.103. The molecule has 0 aliphatic heterocycles. The van der Waals surface area contributed by atoms with Crippen LogP contribution in [-0.2, 0) is 0 Å². The second kappa shape index (κ2) is 6.12. The van der Waals surface area contributed by atoms with Gasteiger partial charge in [0.05, 0.1) is 0 Å². The average Bonchev–Trinajstić information content (AvgIpc) is 2.26. The van der Waals surface area contributed by atoms with Gasteiger partial charge in [-0.2, -0.15) is 0 Å². The predicted molar refractivity (Wildman–Crippen MR) is 69.8 cm³/mol. The Labute approximate surface area is 110 Å². The standard InChI is InChI=1S/C12H17BrN2O2/c1-12(2,4-6-16)8-15-11(17)9-3-5-14-10(13)7-9/h3,5,7,16H,4,6,8H2,1-2H3,(H,15,17). The van der Waals surface area contributed by atoms with Gasteiger partial charge in [-0.05, 0) is 39.9 Å². The molecule has 1 aromatic heterocycles. The van der Waals surface area contributed by atoms with E-state index in [0.717, 1.165) is 0 Å². The summed E-state index contributed by atoms with van der Waals surface area (Å²) in [5.74, 6) is -0.126. The van der Waals surface area contributed by atoms with Crippen LogP contribution in [0.25, 0.3) is 0 Å². The van der Waals surface area contributed by atoms with Crippen LogP contribution in [-0.4, -0.2) is 29.1 Å². The van der Waals surface area contributed by atoms with Crippen LogP contribution in [0.15, 0.2) is 22.9 Å². The van der Waals surface area contributed by atoms with Crippen LogP contribution in [0.5, 0.6) is 0 Å². The number of aromatic nitrogens is 1. The lowest BCUT2D eigenvalue weighted by Gasteiger charge is -2.23. The van der Waals surface area contributed by atoms with Crippen LogP contribution in [0.2, 0.25) is 0 Å². The van der Waals surface area contributed by atoms with E-state index < -0.39 is 0 Å². The number of amides is 1. The molecule has 0 saturated heterocycles. The molecule has 17 heavy (non-hydrogen) atoms. The highest BCUT2D eigenvalue weighted by atomic mass is 79.9. The third-order valence-corrected chi connectivity index (χ3v) is 2.94. The number of nitrogens with one attached hydrogen (secondary N) is 1. The molecule has 0 radical (unpaired) electrons. The molecule has 0 aromatic carbocycles. The molecule has 0 fully saturated rings. The van der Waals surface area contributed by atoms with Gasteiger partial charge in [0.1, 0.15) is 4.60 Å². The Morgan fingerprint density at radius 3 is 2.88 bits per heavy atom. The van der Waals surface area contributed by atoms with Crippen molar-refractivity contribution in [1.82, 2.24) is 10.3 Å². The second-order valence-electron chi connectivity index (χ2n) is 4.69. The van der Waals surface area contributed by atoms with E-state index >= 15 is 0 Å². The highest BCUT2D eigenvalue weighted by Crippen LogP contribution is 2.18. The fourth-order valence-corrected chi connectivity index (χ4v) is 1.72. The largest absolute Gasteiger partial charge is 0.396 e. The number of halogens is 1. The summed E-state index contributed by atoms with van der Waals surface area (Å²) in [7, 11) is 0. The summed E-state index contributed by atoms with van der Waals surface area (Å²) in [6.07, 6.45) is 2.24. The predicted octanol–water partition coefficient (Wildman–Crippen LogP) is 1.98. The molecule has 0 aliphatic rings. The van der Waals surface area contributed by atoms with Crippen molar-refractivity contribution < 1.29 is 9.90 Å². The van der Waals surface area contributed by atoms with Crippen molar-refractivity contribution in [2.45, 2.75) is 20.3 Å². The number of carbonyl (C=O) groups is 1. The summed E-state index contributed by atoms with van der Waals surface area (Å²) in [4.78, 5) is 15.8. The number of hydrogen-bond acceptors (Lipinski definition) is 3. The molecule has 1 aromatic rings. The number of carbonyl (C=O) groups excluding carboxylic acids is 1. The number of aliphatic hydroxyl groups is 1. The SMILES string of the molecule is CC(C)(CCO)CNC(=O)c1ccnc(Br)c1. The van der Waals surface area contributed by atoms with Gasteiger partial charge in [0, 0.05) is 24.9 Å². The lowest BCUT2D eigenvalue weighted by molar-refractivity contribution is 0.0928. The number of aliphatic hydroxyl groups excluding tert-OH is 1. The van der Waals surface area contributed by atoms with Crippen molar-refractivity contribution in [2.75, 3.05) is 13.2 Å². The molecule has 1 heterocycles. The maximum Gasteiger partial charge on any atom is 0.251 e. The minimum Gasteiger partial charge on any atom is -0.396 e. The van der Waals surface area contributed by atoms with E-state index in [1.807, 2.05) is 13.8 Å². The normalized spacial score (nSPS) is 11.3. The van der Waals surface area contributed by atoms with Gasteiger partial charge in [-0.1, -0.05) is 13.8 Å². The third-order valence-electron chi connectivity index (χ3n) is 2.50. The van der Waals surface area contributed by atoms with E-state index in [4.69, 9.17) is 5.11 Å². The van der Waals surface area contributed by atoms with Crippen molar-refractivity contribution in [3.8, 4) is 0 Å². The van der Waals surface area contributed by atoms with Gasteiger partial charge in [-0.15, -0.1) is 0 Å². The second-order valence-corrected chi connectivity index (χ2v) is 5.50. The molecule has 1 amide bonds. The van der Waals surface area contributed by atoms with E-state index in [9.17, 15) is 4.79 Å². The van der Waals surface area contributed by atoms with Crippen molar-refractivity contribution >= 4 is 21.8 Å². The van der Waals surface area contributed by atoms with Gasteiger partial charge in [0.2, 0.25) is 0 Å². The Balaban J connectivity index is 2.56. The van der Waals surface area contributed by atoms with Crippen LogP contribution in [0.1, 0.15) is 30.6 Å². The molecule has 0 spiro atoms. The Bertz CT molecular complexity index is 394. The average molecular weight is 301 g/mol. The quantitative estimate of drug-likeness (QED) is 0.818. The van der Waals surface area contributed by atoms with E-state index in [2.05, 4.69) is 26.2 Å². The zero-order valence-electron chi connectivity index (χ0n) is 10.0. The zero-order valence-corrected chi connectivity index (χ0v) is 11.6. The van der Waals surface area contributed by atoms with Gasteiger partial charge in [-0.25, -0.2) is 4.98 Å². The fraction of sp³-hybridized carbons (Fsp3) is 0.500. The molecule has 1 rings (SSSR count). The molecule has 2 N–H and O–H groups in total. The summed E-state index contributed by atoms with van der Waals surface area (Å²) in [5, 5.41) is 11.7. The molecule has 0 unspecified atom stereocenters. The van der Waals surface area contributed by atoms with Gasteiger partial charge in [0.25, 0.3) is 5.91 Å². The van der Waals surface area contributed by atoms with E-state index in [0.29, 0.717) is 23.1 Å². The van der Waals surface area contributed by atoms with Crippen molar-refractivity contribution in [2.24, 2.45) is 5.41 Å². The third kappa shape index (κ3) is 4.83. The summed E-state index contributed by atoms with van der Waals surface area (Å²) in [5.41, 5.74) is 0.473. The number of rotatable bonds is 5. The van der Waals surface area contributed by atoms with E-state index in [-0.39, 0.29) is 17.9 Å².